The van der Waals surface area contributed by atoms with Gasteiger partial charge in [0, 0.05) is 13.1 Å². The molecule has 1 heterocycles. The molecule has 0 fully saturated rings. The van der Waals surface area contributed by atoms with Gasteiger partial charge < -0.3 is 19.8 Å². The third-order valence-corrected chi connectivity index (χ3v) is 4.97. The zero-order valence-corrected chi connectivity index (χ0v) is 15.3. The molecule has 3 aromatic carbocycles. The normalized spacial score (nSPS) is 13.5. The minimum absolute atomic E-state index is 0.0900. The second-order valence-electron chi connectivity index (χ2n) is 6.81. The van der Waals surface area contributed by atoms with Gasteiger partial charge >= 0.3 is 0 Å². The first-order valence-electron chi connectivity index (χ1n) is 9.27. The number of benzene rings is 3. The average Bonchev–Trinajstić information content (AvgIpc) is 2.91. The number of carbonyl (C=O) groups excluding carboxylic acids is 1. The van der Waals surface area contributed by atoms with E-state index in [0.29, 0.717) is 43.0 Å². The number of fused-ring (bicyclic) bond motifs is 1. The van der Waals surface area contributed by atoms with E-state index in [1.54, 1.807) is 29.2 Å². The number of rotatable bonds is 3. The van der Waals surface area contributed by atoms with E-state index < -0.39 is 0 Å². The Hall–Kier alpha value is -3.47. The van der Waals surface area contributed by atoms with Crippen molar-refractivity contribution in [3.63, 3.8) is 0 Å². The summed E-state index contributed by atoms with van der Waals surface area (Å²) in [6, 6.07) is 19.8. The van der Waals surface area contributed by atoms with Gasteiger partial charge in [-0.15, -0.1) is 0 Å². The topological polar surface area (TPSA) is 70.0 Å². The summed E-state index contributed by atoms with van der Waals surface area (Å²) in [6.07, 6.45) is 1.24. The SMILES string of the molecule is O=C(c1ccccc1Oc1ccccc1)N1CCc2cc(O)c(O)cc2CC1. The van der Waals surface area contributed by atoms with Crippen LogP contribution in [0.5, 0.6) is 23.0 Å². The van der Waals surface area contributed by atoms with Crippen molar-refractivity contribution in [3.05, 3.63) is 83.4 Å². The van der Waals surface area contributed by atoms with Gasteiger partial charge in [-0.05, 0) is 60.4 Å². The zero-order valence-electron chi connectivity index (χ0n) is 15.3. The first-order valence-corrected chi connectivity index (χ1v) is 9.27. The molecule has 1 aliphatic heterocycles. The number of nitrogens with zero attached hydrogens (tertiary/aromatic N) is 1. The maximum Gasteiger partial charge on any atom is 0.257 e. The zero-order chi connectivity index (χ0) is 19.5. The fraction of sp³-hybridized carbons (Fsp3) is 0.174. The van der Waals surface area contributed by atoms with Gasteiger partial charge in [-0.1, -0.05) is 30.3 Å². The van der Waals surface area contributed by atoms with E-state index in [-0.39, 0.29) is 17.4 Å². The Morgan fingerprint density at radius 2 is 1.39 bits per heavy atom. The van der Waals surface area contributed by atoms with Crippen molar-refractivity contribution in [3.8, 4) is 23.0 Å². The number of para-hydroxylation sites is 2. The quantitative estimate of drug-likeness (QED) is 0.676. The highest BCUT2D eigenvalue weighted by Crippen LogP contribution is 2.31. The number of amides is 1. The maximum atomic E-state index is 13.2. The summed E-state index contributed by atoms with van der Waals surface area (Å²) in [5.41, 5.74) is 2.43. The van der Waals surface area contributed by atoms with Gasteiger partial charge in [0.15, 0.2) is 11.5 Å². The predicted molar refractivity (Wildman–Crippen MR) is 106 cm³/mol. The van der Waals surface area contributed by atoms with Gasteiger partial charge in [0.25, 0.3) is 5.91 Å². The molecule has 1 aliphatic rings. The van der Waals surface area contributed by atoms with Crippen LogP contribution < -0.4 is 4.74 Å². The van der Waals surface area contributed by atoms with Crippen molar-refractivity contribution in [2.45, 2.75) is 12.8 Å². The van der Waals surface area contributed by atoms with Crippen LogP contribution in [0.25, 0.3) is 0 Å². The average molecular weight is 375 g/mol. The summed E-state index contributed by atoms with van der Waals surface area (Å²) in [6.45, 7) is 1.07. The van der Waals surface area contributed by atoms with Gasteiger partial charge in [-0.25, -0.2) is 0 Å². The second kappa shape index (κ2) is 7.64. The fourth-order valence-corrected chi connectivity index (χ4v) is 3.47. The van der Waals surface area contributed by atoms with E-state index in [4.69, 9.17) is 4.74 Å². The molecule has 0 unspecified atom stereocenters. The molecule has 0 aliphatic carbocycles. The molecule has 28 heavy (non-hydrogen) atoms. The number of aromatic hydroxyl groups is 2. The third kappa shape index (κ3) is 3.64. The van der Waals surface area contributed by atoms with E-state index in [1.165, 1.54) is 0 Å². The number of carbonyl (C=O) groups is 1. The Labute approximate surface area is 163 Å². The summed E-state index contributed by atoms with van der Waals surface area (Å²) in [7, 11) is 0. The van der Waals surface area contributed by atoms with Crippen molar-refractivity contribution in [1.29, 1.82) is 0 Å². The Bertz CT molecular complexity index is 968. The third-order valence-electron chi connectivity index (χ3n) is 4.97. The van der Waals surface area contributed by atoms with Crippen LogP contribution in [0, 0.1) is 0 Å². The minimum atomic E-state index is -0.125. The second-order valence-corrected chi connectivity index (χ2v) is 6.81. The molecular formula is C23H21NO4. The molecule has 0 aromatic heterocycles. The Balaban J connectivity index is 1.56. The lowest BCUT2D eigenvalue weighted by Gasteiger charge is -2.21. The Kier molecular flexibility index (Phi) is 4.89. The van der Waals surface area contributed by atoms with Crippen LogP contribution in [0.4, 0.5) is 0 Å². The van der Waals surface area contributed by atoms with Crippen molar-refractivity contribution in [2.24, 2.45) is 0 Å². The van der Waals surface area contributed by atoms with Crippen LogP contribution in [0.1, 0.15) is 21.5 Å². The maximum absolute atomic E-state index is 13.2. The number of ether oxygens (including phenoxy) is 1. The van der Waals surface area contributed by atoms with Crippen molar-refractivity contribution >= 4 is 5.91 Å². The first kappa shape index (κ1) is 17.9. The predicted octanol–water partition coefficient (Wildman–Crippen LogP) is 4.13. The lowest BCUT2D eigenvalue weighted by molar-refractivity contribution is 0.0760. The fourth-order valence-electron chi connectivity index (χ4n) is 3.47. The molecular weight excluding hydrogens is 354 g/mol. The highest BCUT2D eigenvalue weighted by Gasteiger charge is 2.23. The smallest absolute Gasteiger partial charge is 0.257 e. The Morgan fingerprint density at radius 1 is 0.821 bits per heavy atom. The lowest BCUT2D eigenvalue weighted by Crippen LogP contribution is -2.33. The molecule has 142 valence electrons. The molecule has 0 atom stereocenters. The number of phenols is 2. The summed E-state index contributed by atoms with van der Waals surface area (Å²) in [5.74, 6) is 0.862. The molecule has 0 spiro atoms. The van der Waals surface area contributed by atoms with Crippen molar-refractivity contribution < 1.29 is 19.7 Å². The van der Waals surface area contributed by atoms with Crippen LogP contribution >= 0.6 is 0 Å². The van der Waals surface area contributed by atoms with E-state index in [9.17, 15) is 15.0 Å². The molecule has 4 rings (SSSR count). The lowest BCUT2D eigenvalue weighted by atomic mass is 10.0. The standard InChI is InChI=1S/C23H21NO4/c25-20-14-16-10-12-24(13-11-17(16)15-21(20)26)23(27)19-8-4-5-9-22(19)28-18-6-2-1-3-7-18/h1-9,14-15,25-26H,10-13H2. The van der Waals surface area contributed by atoms with Crippen LogP contribution in [0.2, 0.25) is 0 Å². The summed E-state index contributed by atoms with van der Waals surface area (Å²) < 4.78 is 5.93. The number of hydrogen-bond acceptors (Lipinski definition) is 4. The van der Waals surface area contributed by atoms with Gasteiger partial charge in [-0.2, -0.15) is 0 Å². The van der Waals surface area contributed by atoms with Gasteiger partial charge in [-0.3, -0.25) is 4.79 Å². The molecule has 0 radical (unpaired) electrons. The molecule has 3 aromatic rings. The van der Waals surface area contributed by atoms with Crippen molar-refractivity contribution in [1.82, 2.24) is 4.90 Å². The summed E-state index contributed by atoms with van der Waals surface area (Å²) in [5, 5.41) is 19.5. The van der Waals surface area contributed by atoms with Crippen LogP contribution in [0.3, 0.4) is 0 Å². The molecule has 5 heteroatoms. The van der Waals surface area contributed by atoms with Gasteiger partial charge in [0.2, 0.25) is 0 Å². The minimum Gasteiger partial charge on any atom is -0.504 e. The molecule has 0 bridgehead atoms. The highest BCUT2D eigenvalue weighted by molar-refractivity contribution is 5.97. The summed E-state index contributed by atoms with van der Waals surface area (Å²) in [4.78, 5) is 15.0. The van der Waals surface area contributed by atoms with E-state index in [0.717, 1.165) is 11.1 Å². The van der Waals surface area contributed by atoms with E-state index in [2.05, 4.69) is 0 Å². The van der Waals surface area contributed by atoms with E-state index in [1.807, 2.05) is 42.5 Å². The molecule has 0 saturated heterocycles. The largest absolute Gasteiger partial charge is 0.504 e. The summed E-state index contributed by atoms with van der Waals surface area (Å²) >= 11 is 0. The van der Waals surface area contributed by atoms with Crippen molar-refractivity contribution in [2.75, 3.05) is 13.1 Å². The monoisotopic (exact) mass is 375 g/mol. The van der Waals surface area contributed by atoms with Crippen LogP contribution in [0.15, 0.2) is 66.7 Å². The number of hydrogen-bond donors (Lipinski definition) is 2. The van der Waals surface area contributed by atoms with Crippen LogP contribution in [-0.2, 0) is 12.8 Å². The first-order chi connectivity index (χ1) is 13.6. The highest BCUT2D eigenvalue weighted by atomic mass is 16.5. The van der Waals surface area contributed by atoms with Gasteiger partial charge in [0.05, 0.1) is 5.56 Å². The molecule has 1 amide bonds. The van der Waals surface area contributed by atoms with E-state index >= 15 is 0 Å². The number of phenolic OH excluding ortho intramolecular Hbond substituents is 2. The molecule has 2 N–H and O–H groups in total. The molecule has 0 saturated carbocycles. The van der Waals surface area contributed by atoms with Crippen LogP contribution in [-0.4, -0.2) is 34.1 Å². The Morgan fingerprint density at radius 3 is 2.04 bits per heavy atom. The van der Waals surface area contributed by atoms with Gasteiger partial charge in [0.1, 0.15) is 11.5 Å². The molecule has 5 nitrogen and oxygen atoms in total.